The van der Waals surface area contributed by atoms with E-state index in [-0.39, 0.29) is 11.8 Å². The minimum Gasteiger partial charge on any atom is -0.494 e. The van der Waals surface area contributed by atoms with Gasteiger partial charge in [0.2, 0.25) is 5.91 Å². The van der Waals surface area contributed by atoms with Crippen LogP contribution >= 0.6 is 22.6 Å². The Balaban J connectivity index is 1.49. The summed E-state index contributed by atoms with van der Waals surface area (Å²) in [4.78, 5) is 14.0. The second-order valence-electron chi connectivity index (χ2n) is 6.68. The Bertz CT molecular complexity index is 618. The molecule has 0 spiro atoms. The van der Waals surface area contributed by atoms with Crippen molar-refractivity contribution in [3.8, 4) is 5.75 Å². The summed E-state index contributed by atoms with van der Waals surface area (Å²) in [6.07, 6.45) is 5.11. The zero-order valence-electron chi connectivity index (χ0n) is 14.7. The molecule has 0 saturated carbocycles. The number of hydrogen-bond acceptors (Lipinski definition) is 4. The van der Waals surface area contributed by atoms with E-state index in [1.54, 1.807) is 0 Å². The number of nitrogens with zero attached hydrogens (tertiary/aromatic N) is 2. The molecule has 3 rings (SSSR count). The third-order valence-corrected chi connectivity index (χ3v) is 6.32. The summed E-state index contributed by atoms with van der Waals surface area (Å²) in [6, 6.07) is 8.07. The Morgan fingerprint density at radius 3 is 2.84 bits per heavy atom. The highest BCUT2D eigenvalue weighted by Crippen LogP contribution is 2.23. The molecule has 0 aromatic heterocycles. The SMILES string of the molecule is CCC1CC(=O)NN=C1c1ccc(OCCCN2CCCC2I)cc1. The first kappa shape index (κ1) is 18.6. The van der Waals surface area contributed by atoms with Gasteiger partial charge >= 0.3 is 0 Å². The summed E-state index contributed by atoms with van der Waals surface area (Å²) < 4.78 is 6.57. The molecule has 0 bridgehead atoms. The number of hydrazone groups is 1. The first-order valence-electron chi connectivity index (χ1n) is 9.15. The van der Waals surface area contributed by atoms with Gasteiger partial charge in [-0.05, 0) is 62.1 Å². The van der Waals surface area contributed by atoms with Crippen LogP contribution in [-0.2, 0) is 4.79 Å². The van der Waals surface area contributed by atoms with Gasteiger partial charge in [-0.2, -0.15) is 5.10 Å². The van der Waals surface area contributed by atoms with Crippen LogP contribution < -0.4 is 10.2 Å². The number of likely N-dealkylation sites (tertiary alicyclic amines) is 1. The molecule has 0 radical (unpaired) electrons. The number of hydrogen-bond donors (Lipinski definition) is 1. The number of alkyl halides is 1. The van der Waals surface area contributed by atoms with Crippen molar-refractivity contribution < 1.29 is 9.53 Å². The number of carbonyl (C=O) groups is 1. The van der Waals surface area contributed by atoms with Crippen LogP contribution in [0.3, 0.4) is 0 Å². The Kier molecular flexibility index (Phi) is 6.70. The Hall–Kier alpha value is -1.15. The van der Waals surface area contributed by atoms with E-state index in [9.17, 15) is 4.79 Å². The number of benzene rings is 1. The number of amides is 1. The predicted molar refractivity (Wildman–Crippen MR) is 108 cm³/mol. The van der Waals surface area contributed by atoms with E-state index in [0.717, 1.165) is 43.0 Å². The molecule has 136 valence electrons. The lowest BCUT2D eigenvalue weighted by Gasteiger charge is -2.21. The van der Waals surface area contributed by atoms with Crippen molar-refractivity contribution in [2.75, 3.05) is 19.7 Å². The van der Waals surface area contributed by atoms with Crippen LogP contribution in [-0.4, -0.2) is 40.3 Å². The van der Waals surface area contributed by atoms with Crippen molar-refractivity contribution in [2.45, 2.75) is 43.1 Å². The van der Waals surface area contributed by atoms with Gasteiger partial charge in [-0.25, -0.2) is 5.43 Å². The molecule has 1 aromatic carbocycles. The second kappa shape index (κ2) is 8.98. The van der Waals surface area contributed by atoms with Gasteiger partial charge in [0.25, 0.3) is 0 Å². The highest BCUT2D eigenvalue weighted by molar-refractivity contribution is 14.1. The topological polar surface area (TPSA) is 53.9 Å². The minimum absolute atomic E-state index is 0.00213. The third-order valence-electron chi connectivity index (χ3n) is 4.90. The molecule has 0 aliphatic carbocycles. The number of ether oxygens (including phenoxy) is 1. The maximum absolute atomic E-state index is 11.5. The molecular formula is C19H26IN3O2. The molecule has 2 atom stereocenters. The standard InChI is InChI=1S/C19H26IN3O2/c1-2-14-13-18(24)21-22-19(14)15-6-8-16(9-7-15)25-12-4-11-23-10-3-5-17(23)20/h6-9,14,17H,2-5,10-13H2,1H3,(H,21,24). The van der Waals surface area contributed by atoms with Crippen molar-refractivity contribution >= 4 is 34.2 Å². The fraction of sp³-hybridized carbons (Fsp3) is 0.579. The summed E-state index contributed by atoms with van der Waals surface area (Å²) in [7, 11) is 0. The van der Waals surface area contributed by atoms with E-state index in [1.807, 2.05) is 24.3 Å². The van der Waals surface area contributed by atoms with E-state index in [4.69, 9.17) is 4.74 Å². The van der Waals surface area contributed by atoms with Gasteiger partial charge in [-0.3, -0.25) is 9.69 Å². The minimum atomic E-state index is 0.00213. The molecule has 25 heavy (non-hydrogen) atoms. The largest absolute Gasteiger partial charge is 0.494 e. The fourth-order valence-electron chi connectivity index (χ4n) is 3.43. The van der Waals surface area contributed by atoms with Crippen LogP contribution in [0.2, 0.25) is 0 Å². The molecule has 2 aliphatic rings. The number of halogens is 1. The Morgan fingerprint density at radius 1 is 1.36 bits per heavy atom. The number of carbonyl (C=O) groups excluding carboxylic acids is 1. The van der Waals surface area contributed by atoms with Crippen molar-refractivity contribution in [1.82, 2.24) is 10.3 Å². The highest BCUT2D eigenvalue weighted by atomic mass is 127. The van der Waals surface area contributed by atoms with Gasteiger partial charge in [-0.1, -0.05) is 29.5 Å². The zero-order chi connectivity index (χ0) is 17.6. The van der Waals surface area contributed by atoms with Gasteiger partial charge in [0.1, 0.15) is 5.75 Å². The monoisotopic (exact) mass is 455 g/mol. The summed E-state index contributed by atoms with van der Waals surface area (Å²) >= 11 is 2.54. The first-order chi connectivity index (χ1) is 12.2. The van der Waals surface area contributed by atoms with Gasteiger partial charge in [0.15, 0.2) is 0 Å². The Labute approximate surface area is 163 Å². The van der Waals surface area contributed by atoms with Crippen LogP contribution in [0.4, 0.5) is 0 Å². The summed E-state index contributed by atoms with van der Waals surface area (Å²) in [6.45, 7) is 5.17. The molecule has 1 N–H and O–H groups in total. The van der Waals surface area contributed by atoms with E-state index in [1.165, 1.54) is 19.4 Å². The van der Waals surface area contributed by atoms with E-state index < -0.39 is 0 Å². The van der Waals surface area contributed by atoms with Gasteiger partial charge < -0.3 is 4.74 Å². The maximum atomic E-state index is 11.5. The van der Waals surface area contributed by atoms with E-state index in [2.05, 4.69) is 44.9 Å². The third kappa shape index (κ3) is 4.94. The molecule has 2 aliphatic heterocycles. The van der Waals surface area contributed by atoms with Crippen LogP contribution in [0.15, 0.2) is 29.4 Å². The Morgan fingerprint density at radius 2 is 2.16 bits per heavy atom. The second-order valence-corrected chi connectivity index (χ2v) is 8.12. The lowest BCUT2D eigenvalue weighted by molar-refractivity contribution is -0.122. The summed E-state index contributed by atoms with van der Waals surface area (Å²) in [5.74, 6) is 1.09. The van der Waals surface area contributed by atoms with Crippen molar-refractivity contribution in [1.29, 1.82) is 0 Å². The zero-order valence-corrected chi connectivity index (χ0v) is 16.9. The van der Waals surface area contributed by atoms with E-state index >= 15 is 0 Å². The normalized spacial score (nSPS) is 24.1. The van der Waals surface area contributed by atoms with Crippen LogP contribution in [0.1, 0.15) is 44.6 Å². The predicted octanol–water partition coefficient (Wildman–Crippen LogP) is 3.56. The lowest BCUT2D eigenvalue weighted by Crippen LogP contribution is -2.33. The maximum Gasteiger partial charge on any atom is 0.240 e. The quantitative estimate of drug-likeness (QED) is 0.296. The molecule has 1 fully saturated rings. The molecule has 2 unspecified atom stereocenters. The molecule has 1 saturated heterocycles. The van der Waals surface area contributed by atoms with Gasteiger partial charge in [0, 0.05) is 18.9 Å². The molecule has 6 heteroatoms. The van der Waals surface area contributed by atoms with Crippen LogP contribution in [0.25, 0.3) is 0 Å². The average molecular weight is 455 g/mol. The molecule has 5 nitrogen and oxygen atoms in total. The van der Waals surface area contributed by atoms with Crippen molar-refractivity contribution in [3.63, 3.8) is 0 Å². The highest BCUT2D eigenvalue weighted by Gasteiger charge is 2.24. The molecule has 1 amide bonds. The fourth-order valence-corrected chi connectivity index (χ4v) is 4.43. The van der Waals surface area contributed by atoms with Crippen molar-refractivity contribution in [3.05, 3.63) is 29.8 Å². The van der Waals surface area contributed by atoms with Gasteiger partial charge in [-0.15, -0.1) is 0 Å². The molecule has 2 heterocycles. The summed E-state index contributed by atoms with van der Waals surface area (Å²) in [5.41, 5.74) is 4.62. The first-order valence-corrected chi connectivity index (χ1v) is 10.4. The van der Waals surface area contributed by atoms with Crippen molar-refractivity contribution in [2.24, 2.45) is 11.0 Å². The van der Waals surface area contributed by atoms with Gasteiger partial charge in [0.05, 0.1) is 16.4 Å². The number of nitrogens with one attached hydrogen (secondary N) is 1. The van der Waals surface area contributed by atoms with Crippen LogP contribution in [0, 0.1) is 5.92 Å². The lowest BCUT2D eigenvalue weighted by atomic mass is 9.90. The molecular weight excluding hydrogens is 429 g/mol. The number of rotatable bonds is 7. The van der Waals surface area contributed by atoms with E-state index in [0.29, 0.717) is 10.5 Å². The molecule has 1 aromatic rings. The average Bonchev–Trinajstić information content (AvgIpc) is 3.04. The smallest absolute Gasteiger partial charge is 0.240 e. The summed E-state index contributed by atoms with van der Waals surface area (Å²) in [5, 5.41) is 4.26. The van der Waals surface area contributed by atoms with Crippen LogP contribution in [0.5, 0.6) is 5.75 Å².